The first-order chi connectivity index (χ1) is 9.84. The van der Waals surface area contributed by atoms with Gasteiger partial charge in [-0.1, -0.05) is 0 Å². The van der Waals surface area contributed by atoms with Gasteiger partial charge in [-0.15, -0.1) is 11.3 Å². The fourth-order valence-electron chi connectivity index (χ4n) is 2.40. The van der Waals surface area contributed by atoms with Crippen molar-refractivity contribution in [3.63, 3.8) is 0 Å². The Balaban J connectivity index is 2.01. The summed E-state index contributed by atoms with van der Waals surface area (Å²) in [5, 5.41) is 9.10. The average Bonchev–Trinajstić information content (AvgIpc) is 2.87. The van der Waals surface area contributed by atoms with Crippen molar-refractivity contribution in [1.29, 1.82) is 0 Å². The van der Waals surface area contributed by atoms with Crippen molar-refractivity contribution in [3.8, 4) is 0 Å². The summed E-state index contributed by atoms with van der Waals surface area (Å²) in [5.41, 5.74) is 1.26. The highest BCUT2D eigenvalue weighted by Gasteiger charge is 2.52. The van der Waals surface area contributed by atoms with E-state index in [-0.39, 0.29) is 24.9 Å². The van der Waals surface area contributed by atoms with Gasteiger partial charge in [0.05, 0.1) is 21.4 Å². The van der Waals surface area contributed by atoms with E-state index in [0.717, 1.165) is 20.6 Å². The fourth-order valence-corrected chi connectivity index (χ4v) is 3.52. The van der Waals surface area contributed by atoms with E-state index in [2.05, 4.69) is 32.7 Å². The summed E-state index contributed by atoms with van der Waals surface area (Å²) in [6.45, 7) is 8.36. The summed E-state index contributed by atoms with van der Waals surface area (Å²) in [6, 6.07) is 3.99. The van der Waals surface area contributed by atoms with E-state index in [1.54, 1.807) is 17.5 Å². The number of hydrogen-bond donors (Lipinski definition) is 1. The summed E-state index contributed by atoms with van der Waals surface area (Å²) in [7, 11) is -0.374. The van der Waals surface area contributed by atoms with Crippen LogP contribution in [0.1, 0.15) is 32.6 Å². The van der Waals surface area contributed by atoms with Crippen molar-refractivity contribution in [2.75, 3.05) is 6.61 Å². The van der Waals surface area contributed by atoms with Crippen LogP contribution in [0.2, 0.25) is 0 Å². The van der Waals surface area contributed by atoms with E-state index in [1.165, 1.54) is 0 Å². The Bertz CT molecular complexity index is 652. The average molecular weight is 305 g/mol. The number of rotatable bonds is 3. The molecular weight excluding hydrogens is 285 g/mol. The van der Waals surface area contributed by atoms with Gasteiger partial charge in [-0.3, -0.25) is 4.98 Å². The molecule has 6 heteroatoms. The molecule has 2 aromatic rings. The molecule has 21 heavy (non-hydrogen) atoms. The standard InChI is InChI=1S/C15H20BNO3S/c1-14(2)15(3,4)20-16(19-14)11-5-7-17-12-9-10(6-8-18)21-13(11)12/h5,7,9,18H,6,8H2,1-4H3. The van der Waals surface area contributed by atoms with Gasteiger partial charge in [0, 0.05) is 29.6 Å². The zero-order chi connectivity index (χ0) is 15.3. The van der Waals surface area contributed by atoms with Crippen LogP contribution in [0.4, 0.5) is 0 Å². The Morgan fingerprint density at radius 1 is 1.24 bits per heavy atom. The van der Waals surface area contributed by atoms with Gasteiger partial charge >= 0.3 is 7.12 Å². The minimum Gasteiger partial charge on any atom is -0.399 e. The molecule has 1 aliphatic rings. The number of hydrogen-bond acceptors (Lipinski definition) is 5. The van der Waals surface area contributed by atoms with Crippen LogP contribution in [0.25, 0.3) is 10.2 Å². The van der Waals surface area contributed by atoms with Gasteiger partial charge in [0.2, 0.25) is 0 Å². The predicted molar refractivity (Wildman–Crippen MR) is 86.1 cm³/mol. The van der Waals surface area contributed by atoms with E-state index >= 15 is 0 Å². The van der Waals surface area contributed by atoms with Crippen LogP contribution in [-0.4, -0.2) is 35.0 Å². The summed E-state index contributed by atoms with van der Waals surface area (Å²) in [4.78, 5) is 5.54. The lowest BCUT2D eigenvalue weighted by atomic mass is 9.79. The molecule has 0 radical (unpaired) electrons. The molecule has 1 aliphatic heterocycles. The molecule has 1 N–H and O–H groups in total. The van der Waals surface area contributed by atoms with Crippen LogP contribution < -0.4 is 5.46 Å². The van der Waals surface area contributed by atoms with Crippen molar-refractivity contribution < 1.29 is 14.4 Å². The van der Waals surface area contributed by atoms with Crippen LogP contribution in [0.5, 0.6) is 0 Å². The molecule has 4 nitrogen and oxygen atoms in total. The van der Waals surface area contributed by atoms with Gasteiger partial charge in [-0.2, -0.15) is 0 Å². The Morgan fingerprint density at radius 2 is 1.90 bits per heavy atom. The van der Waals surface area contributed by atoms with E-state index in [1.807, 2.05) is 12.1 Å². The molecule has 0 aromatic carbocycles. The van der Waals surface area contributed by atoms with Gasteiger partial charge in [-0.25, -0.2) is 0 Å². The number of aliphatic hydroxyl groups is 1. The number of aliphatic hydroxyl groups excluding tert-OH is 1. The van der Waals surface area contributed by atoms with Crippen molar-refractivity contribution >= 4 is 34.1 Å². The van der Waals surface area contributed by atoms with E-state index in [0.29, 0.717) is 6.42 Å². The van der Waals surface area contributed by atoms with Crippen molar-refractivity contribution in [1.82, 2.24) is 4.98 Å². The molecule has 0 spiro atoms. The highest BCUT2D eigenvalue weighted by Crippen LogP contribution is 2.37. The molecule has 0 amide bonds. The van der Waals surface area contributed by atoms with E-state index in [9.17, 15) is 0 Å². The van der Waals surface area contributed by atoms with Crippen molar-refractivity contribution in [2.24, 2.45) is 0 Å². The lowest BCUT2D eigenvalue weighted by Gasteiger charge is -2.32. The van der Waals surface area contributed by atoms with E-state index in [4.69, 9.17) is 14.4 Å². The minimum atomic E-state index is -0.374. The molecule has 0 bridgehead atoms. The smallest absolute Gasteiger partial charge is 0.399 e. The maximum Gasteiger partial charge on any atom is 0.496 e. The summed E-state index contributed by atoms with van der Waals surface area (Å²) < 4.78 is 13.4. The number of aromatic nitrogens is 1. The second kappa shape index (κ2) is 5.05. The van der Waals surface area contributed by atoms with Gasteiger partial charge in [0.15, 0.2) is 0 Å². The molecule has 1 fully saturated rings. The second-order valence-electron chi connectivity index (χ2n) is 6.39. The Hall–Kier alpha value is -0.945. The lowest BCUT2D eigenvalue weighted by molar-refractivity contribution is 0.00578. The number of nitrogens with zero attached hydrogens (tertiary/aromatic N) is 1. The van der Waals surface area contributed by atoms with Crippen molar-refractivity contribution in [2.45, 2.75) is 45.3 Å². The maximum absolute atomic E-state index is 9.10. The minimum absolute atomic E-state index is 0.151. The van der Waals surface area contributed by atoms with Crippen LogP contribution in [0.3, 0.4) is 0 Å². The molecule has 1 saturated heterocycles. The van der Waals surface area contributed by atoms with Crippen LogP contribution in [0, 0.1) is 0 Å². The first-order valence-corrected chi connectivity index (χ1v) is 7.99. The first kappa shape index (κ1) is 15.0. The molecule has 112 valence electrons. The third-order valence-electron chi connectivity index (χ3n) is 4.36. The maximum atomic E-state index is 9.10. The lowest BCUT2D eigenvalue weighted by Crippen LogP contribution is -2.41. The van der Waals surface area contributed by atoms with Gasteiger partial charge in [0.1, 0.15) is 0 Å². The van der Waals surface area contributed by atoms with Crippen LogP contribution in [0.15, 0.2) is 18.3 Å². The molecule has 0 unspecified atom stereocenters. The zero-order valence-electron chi connectivity index (χ0n) is 12.8. The van der Waals surface area contributed by atoms with Gasteiger partial charge in [-0.05, 0) is 39.8 Å². The van der Waals surface area contributed by atoms with Gasteiger partial charge < -0.3 is 14.4 Å². The molecule has 3 rings (SSSR count). The quantitative estimate of drug-likeness (QED) is 0.883. The Morgan fingerprint density at radius 3 is 2.52 bits per heavy atom. The largest absolute Gasteiger partial charge is 0.496 e. The summed E-state index contributed by atoms with van der Waals surface area (Å²) >= 11 is 1.65. The fraction of sp³-hybridized carbons (Fsp3) is 0.533. The van der Waals surface area contributed by atoms with Crippen LogP contribution in [-0.2, 0) is 15.7 Å². The number of pyridine rings is 1. The van der Waals surface area contributed by atoms with Crippen LogP contribution >= 0.6 is 11.3 Å². The van der Waals surface area contributed by atoms with Gasteiger partial charge in [0.25, 0.3) is 0 Å². The zero-order valence-corrected chi connectivity index (χ0v) is 13.7. The highest BCUT2D eigenvalue weighted by molar-refractivity contribution is 7.20. The first-order valence-electron chi connectivity index (χ1n) is 7.18. The third kappa shape index (κ3) is 2.50. The topological polar surface area (TPSA) is 51.6 Å². The molecule has 2 aromatic heterocycles. The highest BCUT2D eigenvalue weighted by atomic mass is 32.1. The summed E-state index contributed by atoms with van der Waals surface area (Å²) in [6.07, 6.45) is 2.45. The summed E-state index contributed by atoms with van der Waals surface area (Å²) in [5.74, 6) is 0. The second-order valence-corrected chi connectivity index (χ2v) is 7.53. The van der Waals surface area contributed by atoms with E-state index < -0.39 is 0 Å². The molecular formula is C15H20BNO3S. The monoisotopic (exact) mass is 305 g/mol. The number of thiophene rings is 1. The Labute approximate surface area is 129 Å². The number of fused-ring (bicyclic) bond motifs is 1. The predicted octanol–water partition coefficient (Wildman–Crippen LogP) is 2.13. The molecule has 0 atom stereocenters. The third-order valence-corrected chi connectivity index (χ3v) is 5.59. The molecule has 0 saturated carbocycles. The normalized spacial score (nSPS) is 20.3. The molecule has 3 heterocycles. The van der Waals surface area contributed by atoms with Crippen molar-refractivity contribution in [3.05, 3.63) is 23.2 Å². The molecule has 0 aliphatic carbocycles. The SMILES string of the molecule is CC1(C)OB(c2ccnc3cc(CCO)sc23)OC1(C)C. The Kier molecular flexibility index (Phi) is 3.60.